The number of hydrogen-bond acceptors (Lipinski definition) is 5. The van der Waals surface area contributed by atoms with Crippen LogP contribution in [-0.2, 0) is 23.4 Å². The zero-order valence-electron chi connectivity index (χ0n) is 18.1. The molecule has 1 atom stereocenters. The molecule has 2 heterocycles. The number of thioether (sulfide) groups is 1. The van der Waals surface area contributed by atoms with E-state index in [1.54, 1.807) is 23.1 Å². The first-order chi connectivity index (χ1) is 15.0. The lowest BCUT2D eigenvalue weighted by Gasteiger charge is -2.21. The van der Waals surface area contributed by atoms with E-state index < -0.39 is 0 Å². The van der Waals surface area contributed by atoms with Crippen molar-refractivity contribution in [2.45, 2.75) is 57.7 Å². The number of aryl methyl sites for hydroxylation is 2. The number of thiophene rings is 1. The van der Waals surface area contributed by atoms with Crippen LogP contribution >= 0.6 is 23.1 Å². The number of fused-ring (bicyclic) bond motifs is 3. The maximum atomic E-state index is 12.5. The highest BCUT2D eigenvalue weighted by molar-refractivity contribution is 7.98. The first-order valence-corrected chi connectivity index (χ1v) is 12.9. The molecular formula is C24H29N3O2S2. The summed E-state index contributed by atoms with van der Waals surface area (Å²) in [6, 6.07) is 10.2. The van der Waals surface area contributed by atoms with Gasteiger partial charge in [-0.25, -0.2) is 4.98 Å². The third-order valence-corrected chi connectivity index (χ3v) is 7.74. The summed E-state index contributed by atoms with van der Waals surface area (Å²) >= 11 is 3.29. The van der Waals surface area contributed by atoms with Gasteiger partial charge < -0.3 is 10.3 Å². The van der Waals surface area contributed by atoms with E-state index in [1.165, 1.54) is 10.4 Å². The van der Waals surface area contributed by atoms with E-state index in [-0.39, 0.29) is 17.5 Å². The van der Waals surface area contributed by atoms with E-state index in [9.17, 15) is 9.59 Å². The number of carbonyl (C=O) groups is 1. The van der Waals surface area contributed by atoms with Crippen molar-refractivity contribution < 1.29 is 4.79 Å². The molecule has 31 heavy (non-hydrogen) atoms. The van der Waals surface area contributed by atoms with Crippen LogP contribution in [0.1, 0.15) is 61.0 Å². The first-order valence-electron chi connectivity index (χ1n) is 11.0. The van der Waals surface area contributed by atoms with Gasteiger partial charge in [0.05, 0.1) is 17.2 Å². The Labute approximate surface area is 191 Å². The molecular weight excluding hydrogens is 426 g/mol. The highest BCUT2D eigenvalue weighted by Gasteiger charge is 2.21. The van der Waals surface area contributed by atoms with Gasteiger partial charge in [-0.3, -0.25) is 9.59 Å². The van der Waals surface area contributed by atoms with Gasteiger partial charge in [0.15, 0.2) is 0 Å². The van der Waals surface area contributed by atoms with Crippen molar-refractivity contribution in [3.63, 3.8) is 0 Å². The fraction of sp³-hybridized carbons (Fsp3) is 0.458. The summed E-state index contributed by atoms with van der Waals surface area (Å²) in [6.07, 6.45) is 4.56. The molecule has 2 aromatic heterocycles. The molecule has 0 spiro atoms. The van der Waals surface area contributed by atoms with E-state index in [1.807, 2.05) is 18.2 Å². The predicted octanol–water partition coefficient (Wildman–Crippen LogP) is 5.00. The third-order valence-electron chi connectivity index (χ3n) is 5.58. The Hall–Kier alpha value is -2.12. The maximum absolute atomic E-state index is 12.5. The number of rotatable bonds is 9. The van der Waals surface area contributed by atoms with Crippen molar-refractivity contribution in [3.8, 4) is 0 Å². The van der Waals surface area contributed by atoms with Crippen LogP contribution in [0.15, 0.2) is 35.1 Å². The lowest BCUT2D eigenvalue weighted by Crippen LogP contribution is -2.29. The van der Waals surface area contributed by atoms with Crippen molar-refractivity contribution in [1.82, 2.24) is 15.3 Å². The molecule has 4 rings (SSSR count). The zero-order chi connectivity index (χ0) is 21.8. The second-order valence-corrected chi connectivity index (χ2v) is 10.7. The van der Waals surface area contributed by atoms with E-state index in [4.69, 9.17) is 0 Å². The Kier molecular flexibility index (Phi) is 7.13. The molecule has 5 nitrogen and oxygen atoms in total. The van der Waals surface area contributed by atoms with Crippen molar-refractivity contribution in [3.05, 3.63) is 62.5 Å². The molecule has 0 saturated carbocycles. The van der Waals surface area contributed by atoms with Crippen molar-refractivity contribution in [1.29, 1.82) is 0 Å². The second kappa shape index (κ2) is 10.0. The van der Waals surface area contributed by atoms with Gasteiger partial charge in [0.2, 0.25) is 5.91 Å². The average molecular weight is 456 g/mol. The molecule has 3 aromatic rings. The fourth-order valence-electron chi connectivity index (χ4n) is 4.15. The normalized spacial score (nSPS) is 14.2. The highest BCUT2D eigenvalue weighted by Crippen LogP contribution is 2.34. The fourth-order valence-corrected chi connectivity index (χ4v) is 6.24. The molecule has 0 saturated heterocycles. The minimum absolute atomic E-state index is 0.0165. The number of nitrogens with one attached hydrogen (secondary N) is 2. The molecule has 0 radical (unpaired) electrons. The van der Waals surface area contributed by atoms with Crippen LogP contribution in [0.25, 0.3) is 10.2 Å². The quantitative estimate of drug-likeness (QED) is 0.445. The van der Waals surface area contributed by atoms with Gasteiger partial charge in [0.25, 0.3) is 5.56 Å². The Morgan fingerprint density at radius 2 is 2.06 bits per heavy atom. The summed E-state index contributed by atoms with van der Waals surface area (Å²) in [7, 11) is 0. The molecule has 1 aromatic carbocycles. The van der Waals surface area contributed by atoms with E-state index in [2.05, 4.69) is 41.3 Å². The van der Waals surface area contributed by atoms with Crippen LogP contribution in [0.2, 0.25) is 0 Å². The predicted molar refractivity (Wildman–Crippen MR) is 130 cm³/mol. The lowest BCUT2D eigenvalue weighted by molar-refractivity contribution is -0.121. The second-order valence-electron chi connectivity index (χ2n) is 8.51. The molecule has 0 bridgehead atoms. The Morgan fingerprint density at radius 1 is 1.26 bits per heavy atom. The molecule has 1 aliphatic carbocycles. The van der Waals surface area contributed by atoms with E-state index in [0.717, 1.165) is 41.5 Å². The maximum Gasteiger partial charge on any atom is 0.259 e. The van der Waals surface area contributed by atoms with Crippen molar-refractivity contribution in [2.24, 2.45) is 5.92 Å². The number of nitrogens with zero attached hydrogens (tertiary/aromatic N) is 1. The molecule has 164 valence electrons. The summed E-state index contributed by atoms with van der Waals surface area (Å²) in [5.41, 5.74) is 2.34. The van der Waals surface area contributed by atoms with Gasteiger partial charge in [-0.1, -0.05) is 44.2 Å². The van der Waals surface area contributed by atoms with Crippen LogP contribution in [0.5, 0.6) is 0 Å². The van der Waals surface area contributed by atoms with Gasteiger partial charge in [-0.05, 0) is 42.7 Å². The van der Waals surface area contributed by atoms with Crippen LogP contribution in [0.4, 0.5) is 0 Å². The largest absolute Gasteiger partial charge is 0.349 e. The molecule has 0 fully saturated rings. The van der Waals surface area contributed by atoms with Gasteiger partial charge in [-0.2, -0.15) is 11.8 Å². The summed E-state index contributed by atoms with van der Waals surface area (Å²) < 4.78 is 0. The van der Waals surface area contributed by atoms with E-state index >= 15 is 0 Å². The van der Waals surface area contributed by atoms with Crippen LogP contribution < -0.4 is 10.9 Å². The molecule has 1 unspecified atom stereocenters. The minimum atomic E-state index is -0.0165. The smallest absolute Gasteiger partial charge is 0.259 e. The standard InChI is InChI=1S/C24H29N3O2S2/c1-15(2)13-18(16-7-4-3-5-8-16)25-21(28)11-12-30-14-20-26-23(29)22-17-9-6-10-19(17)31-24(22)27-20/h3-5,7-8,15,18H,6,9-14H2,1-2H3,(H,25,28)(H,26,27,29). The topological polar surface area (TPSA) is 74.8 Å². The molecule has 2 N–H and O–H groups in total. The summed E-state index contributed by atoms with van der Waals surface area (Å²) in [6.45, 7) is 4.34. The van der Waals surface area contributed by atoms with Gasteiger partial charge >= 0.3 is 0 Å². The number of H-pyrrole nitrogens is 1. The average Bonchev–Trinajstić information content (AvgIpc) is 3.32. The van der Waals surface area contributed by atoms with Crippen molar-refractivity contribution in [2.75, 3.05) is 5.75 Å². The minimum Gasteiger partial charge on any atom is -0.349 e. The van der Waals surface area contributed by atoms with Gasteiger partial charge in [-0.15, -0.1) is 11.3 Å². The number of benzene rings is 1. The molecule has 1 aliphatic rings. The SMILES string of the molecule is CC(C)CC(NC(=O)CCSCc1nc2sc3c(c2c(=O)[nH]1)CCC3)c1ccccc1. The van der Waals surface area contributed by atoms with Crippen LogP contribution in [0, 0.1) is 5.92 Å². The summed E-state index contributed by atoms with van der Waals surface area (Å²) in [5.74, 6) is 2.56. The molecule has 0 aliphatic heterocycles. The zero-order valence-corrected chi connectivity index (χ0v) is 19.7. The van der Waals surface area contributed by atoms with Gasteiger partial charge in [0.1, 0.15) is 10.7 Å². The van der Waals surface area contributed by atoms with Crippen LogP contribution in [0.3, 0.4) is 0 Å². The summed E-state index contributed by atoms with van der Waals surface area (Å²) in [4.78, 5) is 34.9. The molecule has 7 heteroatoms. The molecule has 1 amide bonds. The monoisotopic (exact) mass is 455 g/mol. The lowest BCUT2D eigenvalue weighted by atomic mass is 9.97. The first kappa shape index (κ1) is 22.1. The Bertz CT molecular complexity index is 1110. The third kappa shape index (κ3) is 5.39. The van der Waals surface area contributed by atoms with E-state index in [0.29, 0.717) is 29.7 Å². The highest BCUT2D eigenvalue weighted by atomic mass is 32.2. The number of aromatic nitrogens is 2. The Morgan fingerprint density at radius 3 is 2.84 bits per heavy atom. The number of hydrogen-bond donors (Lipinski definition) is 2. The van der Waals surface area contributed by atoms with Crippen LogP contribution in [-0.4, -0.2) is 21.6 Å². The summed E-state index contributed by atoms with van der Waals surface area (Å²) in [5, 5.41) is 3.99. The van der Waals surface area contributed by atoms with Gasteiger partial charge in [0, 0.05) is 17.1 Å². The van der Waals surface area contributed by atoms with Crippen molar-refractivity contribution >= 4 is 39.2 Å². The Balaban J connectivity index is 1.30. The number of aromatic amines is 1. The number of carbonyl (C=O) groups excluding carboxylic acids is 1. The number of amides is 1.